The Hall–Kier alpha value is -1.08. The van der Waals surface area contributed by atoms with E-state index in [0.717, 1.165) is 43.3 Å². The van der Waals surface area contributed by atoms with E-state index in [0.29, 0.717) is 0 Å². The molecule has 2 aliphatic carbocycles. The summed E-state index contributed by atoms with van der Waals surface area (Å²) in [5.41, 5.74) is 2.87. The normalized spacial score (nSPS) is 28.6. The minimum atomic E-state index is 0.761. The maximum atomic E-state index is 5.66. The predicted octanol–water partition coefficient (Wildman–Crippen LogP) is 8.05. The van der Waals surface area contributed by atoms with Gasteiger partial charge in [-0.05, 0) is 99.5 Å². The molecule has 0 heterocycles. The molecule has 156 valence electrons. The highest BCUT2D eigenvalue weighted by atomic mass is 16.5. The molecule has 0 aliphatic heterocycles. The summed E-state index contributed by atoms with van der Waals surface area (Å²) < 4.78 is 5.66. The maximum absolute atomic E-state index is 5.66. The molecule has 0 saturated heterocycles. The van der Waals surface area contributed by atoms with E-state index in [-0.39, 0.29) is 0 Å². The van der Waals surface area contributed by atoms with Crippen molar-refractivity contribution >= 4 is 0 Å². The SMILES string of the molecule is CC=CC1CCC(CCC2CCC(c3ccc(COCCC)cc3)CC2)CC1. The first kappa shape index (κ1) is 21.6. The van der Waals surface area contributed by atoms with Crippen molar-refractivity contribution in [2.45, 2.75) is 97.0 Å². The second-order valence-electron chi connectivity index (χ2n) is 9.40. The van der Waals surface area contributed by atoms with Crippen molar-refractivity contribution < 1.29 is 4.74 Å². The Kier molecular flexibility index (Phi) is 9.12. The Labute approximate surface area is 174 Å². The van der Waals surface area contributed by atoms with Crippen LogP contribution in [0.5, 0.6) is 0 Å². The molecule has 0 atom stereocenters. The molecule has 0 N–H and O–H groups in total. The highest BCUT2D eigenvalue weighted by molar-refractivity contribution is 5.25. The monoisotopic (exact) mass is 382 g/mol. The van der Waals surface area contributed by atoms with Crippen molar-refractivity contribution in [2.75, 3.05) is 6.61 Å². The van der Waals surface area contributed by atoms with E-state index in [1.54, 1.807) is 5.56 Å². The molecule has 3 rings (SSSR count). The average molecular weight is 383 g/mol. The lowest BCUT2D eigenvalue weighted by molar-refractivity contribution is 0.121. The van der Waals surface area contributed by atoms with E-state index in [1.165, 1.54) is 69.8 Å². The van der Waals surface area contributed by atoms with E-state index in [9.17, 15) is 0 Å². The third-order valence-electron chi connectivity index (χ3n) is 7.25. The molecule has 1 aromatic rings. The van der Waals surface area contributed by atoms with Crippen molar-refractivity contribution in [3.8, 4) is 0 Å². The number of rotatable bonds is 9. The fourth-order valence-corrected chi connectivity index (χ4v) is 5.42. The summed E-state index contributed by atoms with van der Waals surface area (Å²) in [7, 11) is 0. The van der Waals surface area contributed by atoms with Crippen molar-refractivity contribution in [1.29, 1.82) is 0 Å². The Morgan fingerprint density at radius 1 is 0.857 bits per heavy atom. The summed E-state index contributed by atoms with van der Waals surface area (Å²) in [5, 5.41) is 0. The van der Waals surface area contributed by atoms with Gasteiger partial charge in [0.15, 0.2) is 0 Å². The Morgan fingerprint density at radius 2 is 1.46 bits per heavy atom. The smallest absolute Gasteiger partial charge is 0.0716 e. The van der Waals surface area contributed by atoms with Crippen LogP contribution in [0.1, 0.15) is 102 Å². The van der Waals surface area contributed by atoms with Gasteiger partial charge in [-0.15, -0.1) is 0 Å². The van der Waals surface area contributed by atoms with Crippen molar-refractivity contribution in [2.24, 2.45) is 17.8 Å². The standard InChI is InChI=1S/C27H42O/c1-3-5-22-6-8-23(9-7-22)10-11-24-12-16-26(17-13-24)27-18-14-25(15-19-27)21-28-20-4-2/h3,5,14-15,18-19,22-24,26H,4,6-13,16-17,20-21H2,1-2H3. The van der Waals surface area contributed by atoms with Gasteiger partial charge in [-0.2, -0.15) is 0 Å². The van der Waals surface area contributed by atoms with Gasteiger partial charge in [0.1, 0.15) is 0 Å². The highest BCUT2D eigenvalue weighted by Crippen LogP contribution is 2.40. The van der Waals surface area contributed by atoms with E-state index in [1.807, 2.05) is 0 Å². The minimum absolute atomic E-state index is 0.761. The molecule has 0 aromatic heterocycles. The molecule has 2 saturated carbocycles. The molecular formula is C27H42O. The van der Waals surface area contributed by atoms with Gasteiger partial charge < -0.3 is 4.74 Å². The summed E-state index contributed by atoms with van der Waals surface area (Å²) in [4.78, 5) is 0. The van der Waals surface area contributed by atoms with Crippen LogP contribution in [0.2, 0.25) is 0 Å². The molecule has 0 radical (unpaired) electrons. The second-order valence-corrected chi connectivity index (χ2v) is 9.40. The maximum Gasteiger partial charge on any atom is 0.0716 e. The largest absolute Gasteiger partial charge is 0.377 e. The first-order valence-corrected chi connectivity index (χ1v) is 12.1. The van der Waals surface area contributed by atoms with Crippen molar-refractivity contribution in [3.63, 3.8) is 0 Å². The third kappa shape index (κ3) is 6.76. The van der Waals surface area contributed by atoms with Gasteiger partial charge in [-0.3, -0.25) is 0 Å². The molecular weight excluding hydrogens is 340 g/mol. The van der Waals surface area contributed by atoms with Crippen LogP contribution in [0.4, 0.5) is 0 Å². The lowest BCUT2D eigenvalue weighted by Gasteiger charge is -2.31. The second kappa shape index (κ2) is 11.8. The fraction of sp³-hybridized carbons (Fsp3) is 0.704. The van der Waals surface area contributed by atoms with Gasteiger partial charge in [0, 0.05) is 6.61 Å². The van der Waals surface area contributed by atoms with E-state index in [4.69, 9.17) is 4.74 Å². The zero-order chi connectivity index (χ0) is 19.6. The quantitative estimate of drug-likeness (QED) is 0.310. The first-order valence-electron chi connectivity index (χ1n) is 12.1. The number of ether oxygens (including phenoxy) is 1. The lowest BCUT2D eigenvalue weighted by atomic mass is 9.74. The number of hydrogen-bond acceptors (Lipinski definition) is 1. The molecule has 0 spiro atoms. The predicted molar refractivity (Wildman–Crippen MR) is 121 cm³/mol. The fourth-order valence-electron chi connectivity index (χ4n) is 5.42. The summed E-state index contributed by atoms with van der Waals surface area (Å²) in [6.45, 7) is 5.95. The van der Waals surface area contributed by atoms with Crippen LogP contribution in [0, 0.1) is 17.8 Å². The summed E-state index contributed by atoms with van der Waals surface area (Å²) >= 11 is 0. The van der Waals surface area contributed by atoms with Crippen LogP contribution in [0.3, 0.4) is 0 Å². The van der Waals surface area contributed by atoms with Crippen LogP contribution in [-0.4, -0.2) is 6.61 Å². The lowest BCUT2D eigenvalue weighted by Crippen LogP contribution is -2.17. The summed E-state index contributed by atoms with van der Waals surface area (Å²) in [6.07, 6.45) is 20.2. The molecule has 1 nitrogen and oxygen atoms in total. The first-order chi connectivity index (χ1) is 13.8. The number of hydrogen-bond donors (Lipinski definition) is 0. The van der Waals surface area contributed by atoms with Crippen LogP contribution < -0.4 is 0 Å². The topological polar surface area (TPSA) is 9.23 Å². The van der Waals surface area contributed by atoms with E-state index < -0.39 is 0 Å². The van der Waals surface area contributed by atoms with Crippen LogP contribution >= 0.6 is 0 Å². The van der Waals surface area contributed by atoms with Crippen molar-refractivity contribution in [3.05, 3.63) is 47.5 Å². The van der Waals surface area contributed by atoms with Crippen LogP contribution in [-0.2, 0) is 11.3 Å². The van der Waals surface area contributed by atoms with Gasteiger partial charge in [0.25, 0.3) is 0 Å². The zero-order valence-electron chi connectivity index (χ0n) is 18.4. The molecule has 2 fully saturated rings. The zero-order valence-corrected chi connectivity index (χ0v) is 18.4. The van der Waals surface area contributed by atoms with Crippen LogP contribution in [0.25, 0.3) is 0 Å². The van der Waals surface area contributed by atoms with Gasteiger partial charge in [0.2, 0.25) is 0 Å². The molecule has 28 heavy (non-hydrogen) atoms. The van der Waals surface area contributed by atoms with E-state index in [2.05, 4.69) is 50.3 Å². The number of benzene rings is 1. The summed E-state index contributed by atoms with van der Waals surface area (Å²) in [6, 6.07) is 9.28. The minimum Gasteiger partial charge on any atom is -0.377 e. The molecule has 1 aromatic carbocycles. The average Bonchev–Trinajstić information content (AvgIpc) is 2.75. The number of allylic oxidation sites excluding steroid dienone is 2. The molecule has 0 unspecified atom stereocenters. The van der Waals surface area contributed by atoms with E-state index >= 15 is 0 Å². The Bertz CT molecular complexity index is 556. The molecule has 1 heteroatoms. The molecule has 2 aliphatic rings. The Morgan fingerprint density at radius 3 is 2.04 bits per heavy atom. The molecule has 0 amide bonds. The van der Waals surface area contributed by atoms with Crippen molar-refractivity contribution in [1.82, 2.24) is 0 Å². The summed E-state index contributed by atoms with van der Waals surface area (Å²) in [5.74, 6) is 3.67. The molecule has 0 bridgehead atoms. The highest BCUT2D eigenvalue weighted by Gasteiger charge is 2.24. The van der Waals surface area contributed by atoms with Crippen LogP contribution in [0.15, 0.2) is 36.4 Å². The third-order valence-corrected chi connectivity index (χ3v) is 7.25. The van der Waals surface area contributed by atoms with Gasteiger partial charge in [-0.1, -0.05) is 56.2 Å². The van der Waals surface area contributed by atoms with Gasteiger partial charge in [0.05, 0.1) is 6.61 Å². The Balaban J connectivity index is 1.34. The van der Waals surface area contributed by atoms with Gasteiger partial charge in [-0.25, -0.2) is 0 Å². The van der Waals surface area contributed by atoms with Gasteiger partial charge >= 0.3 is 0 Å².